The van der Waals surface area contributed by atoms with Gasteiger partial charge in [0.2, 0.25) is 5.91 Å². The van der Waals surface area contributed by atoms with Crippen LogP contribution in [0.25, 0.3) is 0 Å². The van der Waals surface area contributed by atoms with Crippen LogP contribution in [0.5, 0.6) is 0 Å². The Morgan fingerprint density at radius 3 is 1.00 bits per heavy atom. The number of amides is 1. The molecule has 0 radical (unpaired) electrons. The molecule has 0 aliphatic rings. The summed E-state index contributed by atoms with van der Waals surface area (Å²) in [6.45, 7) is 4.91. The van der Waals surface area contributed by atoms with E-state index >= 15 is 0 Å². The second kappa shape index (κ2) is 60.9. The van der Waals surface area contributed by atoms with Crippen molar-refractivity contribution in [2.45, 2.75) is 366 Å². The number of esters is 1. The molecule has 0 aromatic carbocycles. The molecular formula is C65H125NO5. The molecule has 1 amide bonds. The molecule has 0 aromatic heterocycles. The quantitative estimate of drug-likeness (QED) is 0.0320. The molecule has 2 unspecified atom stereocenters. The maximum absolute atomic E-state index is 12.5. The summed E-state index contributed by atoms with van der Waals surface area (Å²) >= 11 is 0. The van der Waals surface area contributed by atoms with Crippen molar-refractivity contribution in [1.82, 2.24) is 5.32 Å². The van der Waals surface area contributed by atoms with E-state index in [-0.39, 0.29) is 18.5 Å². The molecule has 0 aromatic rings. The van der Waals surface area contributed by atoms with Crippen LogP contribution < -0.4 is 5.32 Å². The van der Waals surface area contributed by atoms with Gasteiger partial charge in [-0.3, -0.25) is 9.59 Å². The standard InChI is InChI=1S/C65H125NO5/c1-3-5-7-9-11-13-15-17-18-19-20-21-22-23-24-25-26-27-30-34-37-41-45-49-53-57-63(68)62(61-67)66-64(69)58-54-50-46-42-38-35-31-28-29-32-36-40-44-48-52-56-60-71-65(70)59-55-51-47-43-39-33-16-14-12-10-8-6-4-2/h28,31,53,57,62-63,67-68H,3-27,29-30,32-52,54-56,58-61H2,1-2H3,(H,66,69)/b31-28-,57-53+. The maximum atomic E-state index is 12.5. The Hall–Kier alpha value is -1.66. The Balaban J connectivity index is 3.48. The van der Waals surface area contributed by atoms with E-state index in [2.05, 4.69) is 31.3 Å². The highest BCUT2D eigenvalue weighted by Gasteiger charge is 2.18. The summed E-state index contributed by atoms with van der Waals surface area (Å²) < 4.78 is 5.47. The Bertz CT molecular complexity index is 1110. The van der Waals surface area contributed by atoms with Gasteiger partial charge in [-0.15, -0.1) is 0 Å². The van der Waals surface area contributed by atoms with Gasteiger partial charge in [-0.1, -0.05) is 308 Å². The lowest BCUT2D eigenvalue weighted by Gasteiger charge is -2.20. The number of hydrogen-bond donors (Lipinski definition) is 3. The van der Waals surface area contributed by atoms with Gasteiger partial charge in [-0.25, -0.2) is 0 Å². The number of aliphatic hydroxyl groups excluding tert-OH is 2. The summed E-state index contributed by atoms with van der Waals surface area (Å²) in [5.74, 6) is -0.0828. The number of rotatable bonds is 60. The van der Waals surface area contributed by atoms with E-state index in [0.29, 0.717) is 19.4 Å². The van der Waals surface area contributed by atoms with Crippen molar-refractivity contribution in [2.75, 3.05) is 13.2 Å². The minimum atomic E-state index is -0.856. The summed E-state index contributed by atoms with van der Waals surface area (Å²) in [6.07, 6.45) is 75.1. The molecule has 0 saturated heterocycles. The molecule has 0 aliphatic heterocycles. The van der Waals surface area contributed by atoms with Gasteiger partial charge < -0.3 is 20.3 Å². The summed E-state index contributed by atoms with van der Waals surface area (Å²) in [5.41, 5.74) is 0. The first-order valence-electron chi connectivity index (χ1n) is 32.1. The SMILES string of the molecule is CCCCCCCCCCCCCCCCCCCCCCCCC/C=C/C(O)C(CO)NC(=O)CCCCCCC/C=C\CCCCCCCCCOC(=O)CCCCCCCCCCCCCCC. The first-order chi connectivity index (χ1) is 35.0. The first-order valence-corrected chi connectivity index (χ1v) is 32.1. The van der Waals surface area contributed by atoms with Crippen LogP contribution in [0.2, 0.25) is 0 Å². The molecule has 420 valence electrons. The molecule has 0 rings (SSSR count). The lowest BCUT2D eigenvalue weighted by Crippen LogP contribution is -2.45. The predicted octanol–water partition coefficient (Wildman–Crippen LogP) is 20.2. The van der Waals surface area contributed by atoms with Crippen molar-refractivity contribution in [3.8, 4) is 0 Å². The summed E-state index contributed by atoms with van der Waals surface area (Å²) in [6, 6.07) is -0.641. The Morgan fingerprint density at radius 1 is 0.380 bits per heavy atom. The highest BCUT2D eigenvalue weighted by Crippen LogP contribution is 2.18. The maximum Gasteiger partial charge on any atom is 0.305 e. The molecular weight excluding hydrogens is 875 g/mol. The molecule has 6 heteroatoms. The largest absolute Gasteiger partial charge is 0.466 e. The number of hydrogen-bond acceptors (Lipinski definition) is 5. The van der Waals surface area contributed by atoms with Crippen LogP contribution >= 0.6 is 0 Å². The van der Waals surface area contributed by atoms with Crippen molar-refractivity contribution in [2.24, 2.45) is 0 Å². The zero-order valence-corrected chi connectivity index (χ0v) is 48.0. The molecule has 6 nitrogen and oxygen atoms in total. The van der Waals surface area contributed by atoms with Gasteiger partial charge in [-0.2, -0.15) is 0 Å². The van der Waals surface area contributed by atoms with Gasteiger partial charge in [0.15, 0.2) is 0 Å². The van der Waals surface area contributed by atoms with Crippen molar-refractivity contribution in [3.05, 3.63) is 24.3 Å². The van der Waals surface area contributed by atoms with E-state index in [1.165, 1.54) is 263 Å². The number of carbonyl (C=O) groups is 2. The fourth-order valence-corrected chi connectivity index (χ4v) is 10.0. The monoisotopic (exact) mass is 1000 g/mol. The molecule has 71 heavy (non-hydrogen) atoms. The molecule has 0 spiro atoms. The molecule has 2 atom stereocenters. The molecule has 0 heterocycles. The van der Waals surface area contributed by atoms with Crippen molar-refractivity contribution in [1.29, 1.82) is 0 Å². The van der Waals surface area contributed by atoms with E-state index < -0.39 is 12.1 Å². The van der Waals surface area contributed by atoms with E-state index in [9.17, 15) is 19.8 Å². The van der Waals surface area contributed by atoms with Crippen LogP contribution in [0.15, 0.2) is 24.3 Å². The van der Waals surface area contributed by atoms with Crippen LogP contribution in [0.3, 0.4) is 0 Å². The summed E-state index contributed by atoms with van der Waals surface area (Å²) in [5, 5.41) is 23.2. The topological polar surface area (TPSA) is 95.9 Å². The molecule has 0 bridgehead atoms. The van der Waals surface area contributed by atoms with Gasteiger partial charge in [0.1, 0.15) is 0 Å². The Labute approximate surface area is 443 Å². The average Bonchev–Trinajstić information content (AvgIpc) is 3.37. The Morgan fingerprint density at radius 2 is 0.662 bits per heavy atom. The van der Waals surface area contributed by atoms with E-state index in [4.69, 9.17) is 4.74 Å². The summed E-state index contributed by atoms with van der Waals surface area (Å²) in [7, 11) is 0. The van der Waals surface area contributed by atoms with Crippen molar-refractivity contribution in [3.63, 3.8) is 0 Å². The van der Waals surface area contributed by atoms with Crippen molar-refractivity contribution < 1.29 is 24.5 Å². The second-order valence-electron chi connectivity index (χ2n) is 22.1. The average molecular weight is 1000 g/mol. The van der Waals surface area contributed by atoms with Gasteiger partial charge >= 0.3 is 5.97 Å². The zero-order valence-electron chi connectivity index (χ0n) is 48.0. The lowest BCUT2D eigenvalue weighted by atomic mass is 10.0. The van der Waals surface area contributed by atoms with Crippen LogP contribution in [0.4, 0.5) is 0 Å². The first kappa shape index (κ1) is 69.3. The number of carbonyl (C=O) groups excluding carboxylic acids is 2. The minimum Gasteiger partial charge on any atom is -0.466 e. The third-order valence-electron chi connectivity index (χ3n) is 15.0. The zero-order chi connectivity index (χ0) is 51.4. The highest BCUT2D eigenvalue weighted by atomic mass is 16.5. The normalized spacial score (nSPS) is 12.7. The van der Waals surface area contributed by atoms with Crippen molar-refractivity contribution >= 4 is 11.9 Å². The fourth-order valence-electron chi connectivity index (χ4n) is 10.0. The van der Waals surface area contributed by atoms with E-state index in [1.54, 1.807) is 6.08 Å². The van der Waals surface area contributed by atoms with Crippen LogP contribution in [0.1, 0.15) is 354 Å². The number of aliphatic hydroxyl groups is 2. The van der Waals surface area contributed by atoms with Gasteiger partial charge in [0.05, 0.1) is 25.4 Å². The molecule has 0 aliphatic carbocycles. The van der Waals surface area contributed by atoms with Crippen LogP contribution in [-0.2, 0) is 14.3 Å². The number of unbranched alkanes of at least 4 members (excludes halogenated alkanes) is 47. The minimum absolute atomic E-state index is 0.00157. The molecule has 0 saturated carbocycles. The fraction of sp³-hybridized carbons (Fsp3) is 0.908. The van der Waals surface area contributed by atoms with Gasteiger partial charge in [0.25, 0.3) is 0 Å². The predicted molar refractivity (Wildman–Crippen MR) is 310 cm³/mol. The Kier molecular flexibility index (Phi) is 59.5. The number of allylic oxidation sites excluding steroid dienone is 3. The number of nitrogens with one attached hydrogen (secondary N) is 1. The van der Waals surface area contributed by atoms with Gasteiger partial charge in [-0.05, 0) is 57.8 Å². The van der Waals surface area contributed by atoms with E-state index in [0.717, 1.165) is 64.2 Å². The van der Waals surface area contributed by atoms with Crippen LogP contribution in [0, 0.1) is 0 Å². The summed E-state index contributed by atoms with van der Waals surface area (Å²) in [4.78, 5) is 24.5. The smallest absolute Gasteiger partial charge is 0.305 e. The van der Waals surface area contributed by atoms with E-state index in [1.807, 2.05) is 6.08 Å². The third-order valence-corrected chi connectivity index (χ3v) is 15.0. The van der Waals surface area contributed by atoms with Crippen LogP contribution in [-0.4, -0.2) is 47.4 Å². The second-order valence-corrected chi connectivity index (χ2v) is 22.1. The molecule has 0 fully saturated rings. The third kappa shape index (κ3) is 57.5. The highest BCUT2D eigenvalue weighted by molar-refractivity contribution is 5.76. The number of ether oxygens (including phenoxy) is 1. The molecule has 3 N–H and O–H groups in total. The van der Waals surface area contributed by atoms with Gasteiger partial charge in [0, 0.05) is 12.8 Å². The lowest BCUT2D eigenvalue weighted by molar-refractivity contribution is -0.143.